The van der Waals surface area contributed by atoms with Crippen LogP contribution in [0, 0.1) is 0 Å². The van der Waals surface area contributed by atoms with E-state index in [1.54, 1.807) is 0 Å². The molecular formula is C13H7ClF3NO2. The molecule has 1 heterocycles. The molecule has 2 rings (SSSR count). The summed E-state index contributed by atoms with van der Waals surface area (Å²) in [5, 5.41) is 8.75. The molecule has 0 unspecified atom stereocenters. The van der Waals surface area contributed by atoms with Gasteiger partial charge in [-0.3, -0.25) is 4.98 Å². The van der Waals surface area contributed by atoms with E-state index in [0.29, 0.717) is 0 Å². The summed E-state index contributed by atoms with van der Waals surface area (Å²) in [7, 11) is 0. The van der Waals surface area contributed by atoms with Crippen LogP contribution < -0.4 is 0 Å². The van der Waals surface area contributed by atoms with Gasteiger partial charge in [0.15, 0.2) is 0 Å². The topological polar surface area (TPSA) is 50.2 Å². The Kier molecular flexibility index (Phi) is 3.67. The van der Waals surface area contributed by atoms with Crippen LogP contribution in [-0.4, -0.2) is 16.1 Å². The second-order valence-electron chi connectivity index (χ2n) is 3.94. The SMILES string of the molecule is O=C(O)c1cnc(-c2cccc(C(F)(F)F)c2)c(Cl)c1. The normalized spacial score (nSPS) is 11.4. The van der Waals surface area contributed by atoms with Gasteiger partial charge < -0.3 is 5.11 Å². The summed E-state index contributed by atoms with van der Waals surface area (Å²) in [6, 6.07) is 5.65. The number of pyridine rings is 1. The standard InChI is InChI=1S/C13H7ClF3NO2/c14-10-5-8(12(19)20)6-18-11(10)7-2-1-3-9(4-7)13(15,16)17/h1-6H,(H,19,20). The van der Waals surface area contributed by atoms with Crippen LogP contribution in [0.25, 0.3) is 11.3 Å². The first-order valence-corrected chi connectivity index (χ1v) is 5.73. The number of carboxylic acids is 1. The van der Waals surface area contributed by atoms with Gasteiger partial charge in [-0.2, -0.15) is 13.2 Å². The van der Waals surface area contributed by atoms with Crippen LogP contribution in [0.5, 0.6) is 0 Å². The summed E-state index contributed by atoms with van der Waals surface area (Å²) in [6.07, 6.45) is -3.42. The zero-order valence-corrected chi connectivity index (χ0v) is 10.5. The highest BCUT2D eigenvalue weighted by molar-refractivity contribution is 6.33. The molecule has 0 bridgehead atoms. The fraction of sp³-hybridized carbons (Fsp3) is 0.0769. The van der Waals surface area contributed by atoms with Gasteiger partial charge in [0.1, 0.15) is 0 Å². The number of aromatic nitrogens is 1. The molecule has 2 aromatic rings. The van der Waals surface area contributed by atoms with E-state index in [0.717, 1.165) is 24.4 Å². The van der Waals surface area contributed by atoms with Gasteiger partial charge in [0, 0.05) is 11.8 Å². The van der Waals surface area contributed by atoms with Gasteiger partial charge in [0.2, 0.25) is 0 Å². The first-order valence-electron chi connectivity index (χ1n) is 5.35. The summed E-state index contributed by atoms with van der Waals surface area (Å²) < 4.78 is 37.9. The Morgan fingerprint density at radius 2 is 1.95 bits per heavy atom. The van der Waals surface area contributed by atoms with Crippen LogP contribution >= 0.6 is 11.6 Å². The van der Waals surface area contributed by atoms with E-state index in [1.165, 1.54) is 12.1 Å². The van der Waals surface area contributed by atoms with Gasteiger partial charge in [-0.15, -0.1) is 0 Å². The number of hydrogen-bond donors (Lipinski definition) is 1. The lowest BCUT2D eigenvalue weighted by molar-refractivity contribution is -0.137. The van der Waals surface area contributed by atoms with Gasteiger partial charge in [-0.05, 0) is 18.2 Å². The first-order chi connectivity index (χ1) is 9.29. The molecule has 0 radical (unpaired) electrons. The summed E-state index contributed by atoms with van der Waals surface area (Å²) >= 11 is 5.87. The number of carboxylic acid groups (broad SMARTS) is 1. The van der Waals surface area contributed by atoms with Gasteiger partial charge in [0.05, 0.1) is 21.8 Å². The zero-order chi connectivity index (χ0) is 14.9. The summed E-state index contributed by atoms with van der Waals surface area (Å²) in [5.74, 6) is -1.21. The zero-order valence-electron chi connectivity index (χ0n) is 9.78. The minimum atomic E-state index is -4.47. The quantitative estimate of drug-likeness (QED) is 0.907. The Morgan fingerprint density at radius 1 is 1.25 bits per heavy atom. The van der Waals surface area contributed by atoms with Crippen LogP contribution in [-0.2, 0) is 6.18 Å². The highest BCUT2D eigenvalue weighted by Crippen LogP contribution is 2.33. The third kappa shape index (κ3) is 2.91. The maximum Gasteiger partial charge on any atom is 0.416 e. The van der Waals surface area contributed by atoms with E-state index in [1.807, 2.05) is 0 Å². The summed E-state index contributed by atoms with van der Waals surface area (Å²) in [6.45, 7) is 0. The van der Waals surface area contributed by atoms with Crippen molar-refractivity contribution in [1.82, 2.24) is 4.98 Å². The average Bonchev–Trinajstić information content (AvgIpc) is 2.37. The molecule has 0 fully saturated rings. The lowest BCUT2D eigenvalue weighted by Gasteiger charge is -2.09. The molecular weight excluding hydrogens is 295 g/mol. The second-order valence-corrected chi connectivity index (χ2v) is 4.35. The van der Waals surface area contributed by atoms with E-state index >= 15 is 0 Å². The first kappa shape index (κ1) is 14.3. The number of alkyl halides is 3. The molecule has 1 N–H and O–H groups in total. The van der Waals surface area contributed by atoms with Gasteiger partial charge in [0.25, 0.3) is 0 Å². The van der Waals surface area contributed by atoms with Gasteiger partial charge in [-0.25, -0.2) is 4.79 Å². The number of aromatic carboxylic acids is 1. The Balaban J connectivity index is 2.49. The molecule has 0 aliphatic carbocycles. The van der Waals surface area contributed by atoms with Crippen molar-refractivity contribution >= 4 is 17.6 Å². The third-order valence-electron chi connectivity index (χ3n) is 2.55. The average molecular weight is 302 g/mol. The highest BCUT2D eigenvalue weighted by atomic mass is 35.5. The van der Waals surface area contributed by atoms with Crippen molar-refractivity contribution in [3.63, 3.8) is 0 Å². The molecule has 0 spiro atoms. The maximum absolute atomic E-state index is 12.6. The fourth-order valence-electron chi connectivity index (χ4n) is 1.61. The number of rotatable bonds is 2. The maximum atomic E-state index is 12.6. The molecule has 1 aromatic carbocycles. The van der Waals surface area contributed by atoms with Crippen molar-refractivity contribution in [2.75, 3.05) is 0 Å². The monoisotopic (exact) mass is 301 g/mol. The van der Waals surface area contributed by atoms with Crippen molar-refractivity contribution in [3.8, 4) is 11.3 Å². The molecule has 0 aliphatic heterocycles. The molecule has 0 saturated heterocycles. The van der Waals surface area contributed by atoms with Gasteiger partial charge in [-0.1, -0.05) is 23.7 Å². The third-order valence-corrected chi connectivity index (χ3v) is 2.84. The van der Waals surface area contributed by atoms with E-state index in [2.05, 4.69) is 4.98 Å². The molecule has 1 aromatic heterocycles. The van der Waals surface area contributed by atoms with E-state index in [9.17, 15) is 18.0 Å². The Labute approximate surface area is 116 Å². The minimum absolute atomic E-state index is 0.0239. The molecule has 20 heavy (non-hydrogen) atoms. The summed E-state index contributed by atoms with van der Waals surface area (Å²) in [5.41, 5.74) is -0.689. The van der Waals surface area contributed by atoms with E-state index in [-0.39, 0.29) is 21.8 Å². The smallest absolute Gasteiger partial charge is 0.416 e. The molecule has 0 saturated carbocycles. The number of benzene rings is 1. The van der Waals surface area contributed by atoms with Crippen molar-refractivity contribution < 1.29 is 23.1 Å². The number of nitrogens with zero attached hydrogens (tertiary/aromatic N) is 1. The Hall–Kier alpha value is -2.08. The molecule has 3 nitrogen and oxygen atoms in total. The lowest BCUT2D eigenvalue weighted by Crippen LogP contribution is -2.05. The van der Waals surface area contributed by atoms with Crippen LogP contribution in [0.2, 0.25) is 5.02 Å². The largest absolute Gasteiger partial charge is 0.478 e. The number of carbonyl (C=O) groups is 1. The van der Waals surface area contributed by atoms with E-state index in [4.69, 9.17) is 16.7 Å². The minimum Gasteiger partial charge on any atom is -0.478 e. The van der Waals surface area contributed by atoms with Crippen LogP contribution in [0.1, 0.15) is 15.9 Å². The number of halogens is 4. The molecule has 104 valence electrons. The van der Waals surface area contributed by atoms with Gasteiger partial charge >= 0.3 is 12.1 Å². The lowest BCUT2D eigenvalue weighted by atomic mass is 10.1. The van der Waals surface area contributed by atoms with Crippen LogP contribution in [0.4, 0.5) is 13.2 Å². The van der Waals surface area contributed by atoms with E-state index < -0.39 is 17.7 Å². The van der Waals surface area contributed by atoms with Crippen LogP contribution in [0.15, 0.2) is 36.5 Å². The Morgan fingerprint density at radius 3 is 2.50 bits per heavy atom. The molecule has 0 atom stereocenters. The fourth-order valence-corrected chi connectivity index (χ4v) is 1.89. The number of hydrogen-bond acceptors (Lipinski definition) is 2. The predicted molar refractivity (Wildman–Crippen MR) is 66.6 cm³/mol. The molecule has 0 amide bonds. The predicted octanol–water partition coefficient (Wildman–Crippen LogP) is 4.12. The summed E-state index contributed by atoms with van der Waals surface area (Å²) in [4.78, 5) is 14.6. The second kappa shape index (κ2) is 5.13. The Bertz CT molecular complexity index is 671. The molecule has 7 heteroatoms. The van der Waals surface area contributed by atoms with Crippen molar-refractivity contribution in [2.45, 2.75) is 6.18 Å². The van der Waals surface area contributed by atoms with Crippen molar-refractivity contribution in [3.05, 3.63) is 52.7 Å². The van der Waals surface area contributed by atoms with Crippen molar-refractivity contribution in [2.24, 2.45) is 0 Å². The van der Waals surface area contributed by atoms with Crippen LogP contribution in [0.3, 0.4) is 0 Å². The van der Waals surface area contributed by atoms with Crippen molar-refractivity contribution in [1.29, 1.82) is 0 Å². The highest BCUT2D eigenvalue weighted by Gasteiger charge is 2.30. The molecule has 0 aliphatic rings.